The molecule has 2 heterocycles. The lowest BCUT2D eigenvalue weighted by Gasteiger charge is -2.24. The van der Waals surface area contributed by atoms with Crippen molar-refractivity contribution in [2.75, 3.05) is 11.9 Å². The van der Waals surface area contributed by atoms with Gasteiger partial charge in [0.25, 0.3) is 0 Å². The molecule has 0 spiro atoms. The largest absolute Gasteiger partial charge is 0.456 e. The highest BCUT2D eigenvalue weighted by atomic mass is 35.5. The van der Waals surface area contributed by atoms with E-state index in [1.807, 2.05) is 60.7 Å². The molecule has 2 unspecified atom stereocenters. The Bertz CT molecular complexity index is 1380. The molecule has 1 aromatic heterocycles. The van der Waals surface area contributed by atoms with Gasteiger partial charge in [0.15, 0.2) is 0 Å². The molecule has 1 saturated heterocycles. The Morgan fingerprint density at radius 2 is 1.94 bits per heavy atom. The smallest absolute Gasteiger partial charge is 0.146 e. The number of benzene rings is 3. The van der Waals surface area contributed by atoms with Crippen LogP contribution in [0.4, 0.5) is 11.5 Å². The number of aliphatic hydroxyl groups is 1. The maximum Gasteiger partial charge on any atom is 0.146 e. The van der Waals surface area contributed by atoms with E-state index in [0.29, 0.717) is 16.6 Å². The molecule has 3 N–H and O–H groups in total. The highest BCUT2D eigenvalue weighted by Gasteiger charge is 2.19. The molecule has 1 aliphatic heterocycles. The average Bonchev–Trinajstić information content (AvgIpc) is 2.90. The number of nitrogens with zero attached hydrogens (tertiary/aromatic N) is 2. The van der Waals surface area contributed by atoms with Crippen molar-refractivity contribution in [3.05, 3.63) is 83.6 Å². The lowest BCUT2D eigenvalue weighted by atomic mass is 10.00. The summed E-state index contributed by atoms with van der Waals surface area (Å²) >= 11 is 6.48. The molecule has 0 bridgehead atoms. The summed E-state index contributed by atoms with van der Waals surface area (Å²) in [5, 5.41) is 18.4. The van der Waals surface area contributed by atoms with E-state index in [0.717, 1.165) is 53.7 Å². The van der Waals surface area contributed by atoms with Crippen LogP contribution in [0.15, 0.2) is 73.1 Å². The van der Waals surface area contributed by atoms with E-state index in [1.54, 1.807) is 6.07 Å². The predicted octanol–water partition coefficient (Wildman–Crippen LogP) is 5.67. The summed E-state index contributed by atoms with van der Waals surface area (Å²) in [6.07, 6.45) is 4.01. The average molecular weight is 485 g/mol. The maximum atomic E-state index is 10.4. The monoisotopic (exact) mass is 484 g/mol. The van der Waals surface area contributed by atoms with E-state index in [9.17, 15) is 5.11 Å². The quantitative estimate of drug-likeness (QED) is 0.316. The Morgan fingerprint density at radius 3 is 2.74 bits per heavy atom. The number of aliphatic hydroxyl groups excluding tert-OH is 1. The second-order valence-electron chi connectivity index (χ2n) is 8.41. The van der Waals surface area contributed by atoms with Crippen LogP contribution in [0.5, 0.6) is 11.5 Å². The maximum absolute atomic E-state index is 10.4. The van der Waals surface area contributed by atoms with Crippen molar-refractivity contribution in [3.63, 3.8) is 0 Å². The minimum atomic E-state index is -0.700. The van der Waals surface area contributed by atoms with Gasteiger partial charge in [-0.25, -0.2) is 9.97 Å². The van der Waals surface area contributed by atoms with Gasteiger partial charge in [0, 0.05) is 22.7 Å². The van der Waals surface area contributed by atoms with Crippen LogP contribution in [-0.4, -0.2) is 33.8 Å². The molecule has 3 aromatic carbocycles. The molecule has 6 nitrogen and oxygen atoms in total. The van der Waals surface area contributed by atoms with Crippen LogP contribution < -0.4 is 15.4 Å². The van der Waals surface area contributed by atoms with Gasteiger partial charge in [0.05, 0.1) is 10.5 Å². The fourth-order valence-electron chi connectivity index (χ4n) is 4.05. The Kier molecular flexibility index (Phi) is 7.10. The van der Waals surface area contributed by atoms with Gasteiger partial charge in [-0.05, 0) is 67.9 Å². The first-order valence-corrected chi connectivity index (χ1v) is 12.0. The lowest BCUT2D eigenvalue weighted by molar-refractivity contribution is 0.162. The second kappa shape index (κ2) is 10.7. The summed E-state index contributed by atoms with van der Waals surface area (Å²) in [6.45, 7) is 0.926. The number of aromatic nitrogens is 2. The molecule has 176 valence electrons. The highest BCUT2D eigenvalue weighted by molar-refractivity contribution is 6.32. The van der Waals surface area contributed by atoms with E-state index >= 15 is 0 Å². The van der Waals surface area contributed by atoms with Crippen molar-refractivity contribution < 1.29 is 9.84 Å². The third kappa shape index (κ3) is 5.72. The molecule has 0 radical (unpaired) electrons. The van der Waals surface area contributed by atoms with Crippen LogP contribution in [0.1, 0.15) is 24.8 Å². The molecule has 7 heteroatoms. The normalized spacial score (nSPS) is 16.2. The van der Waals surface area contributed by atoms with Crippen molar-refractivity contribution in [2.45, 2.75) is 31.4 Å². The summed E-state index contributed by atoms with van der Waals surface area (Å²) in [4.78, 5) is 8.79. The zero-order valence-corrected chi connectivity index (χ0v) is 19.8. The van der Waals surface area contributed by atoms with Gasteiger partial charge >= 0.3 is 0 Å². The molecular formula is C28H25ClN4O2. The molecule has 0 amide bonds. The number of nitrogens with one attached hydrogen (secondary N) is 2. The number of hydrogen-bond acceptors (Lipinski definition) is 6. The van der Waals surface area contributed by atoms with Gasteiger partial charge in [-0.15, -0.1) is 0 Å². The molecule has 0 aliphatic carbocycles. The van der Waals surface area contributed by atoms with E-state index in [4.69, 9.17) is 16.3 Å². The molecule has 0 saturated carbocycles. The Labute approximate surface area is 209 Å². The molecule has 35 heavy (non-hydrogen) atoms. The topological polar surface area (TPSA) is 79.3 Å². The van der Waals surface area contributed by atoms with Crippen LogP contribution in [-0.2, 0) is 0 Å². The fraction of sp³-hybridized carbons (Fsp3) is 0.214. The summed E-state index contributed by atoms with van der Waals surface area (Å²) in [7, 11) is 0. The fourth-order valence-corrected chi connectivity index (χ4v) is 4.27. The third-order valence-corrected chi connectivity index (χ3v) is 6.19. The van der Waals surface area contributed by atoms with Crippen molar-refractivity contribution in [1.29, 1.82) is 0 Å². The van der Waals surface area contributed by atoms with Crippen LogP contribution in [0.2, 0.25) is 5.02 Å². The number of piperidine rings is 1. The second-order valence-corrected chi connectivity index (χ2v) is 8.82. The molecular weight excluding hydrogens is 460 g/mol. The summed E-state index contributed by atoms with van der Waals surface area (Å²) < 4.78 is 5.86. The Hall–Kier alpha value is -3.63. The number of fused-ring (bicyclic) bond motifs is 1. The molecule has 2 atom stereocenters. The van der Waals surface area contributed by atoms with E-state index in [2.05, 4.69) is 32.4 Å². The third-order valence-electron chi connectivity index (χ3n) is 5.89. The van der Waals surface area contributed by atoms with Crippen LogP contribution in [0.3, 0.4) is 0 Å². The standard InChI is InChI=1S/C28H25ClN4O2/c29-23-17-20(11-14-27(23)35-21-6-2-1-3-7-21)33-28-22-16-19(9-12-24(22)31-18-32-28)10-13-26(34)25-8-4-5-15-30-25/h1-3,6-7,9,11-12,14,16-18,25-26,30,34H,4-5,8,15H2,(H,31,32,33). The number of halogens is 1. The first kappa shape index (κ1) is 23.1. The van der Waals surface area contributed by atoms with Gasteiger partial charge in [-0.2, -0.15) is 0 Å². The summed E-state index contributed by atoms with van der Waals surface area (Å²) in [5.41, 5.74) is 2.35. The number of ether oxygens (including phenoxy) is 1. The molecule has 1 aliphatic rings. The van der Waals surface area contributed by atoms with Crippen LogP contribution in [0, 0.1) is 11.8 Å². The minimum Gasteiger partial charge on any atom is -0.456 e. The first-order valence-electron chi connectivity index (χ1n) is 11.6. The van der Waals surface area contributed by atoms with Crippen LogP contribution >= 0.6 is 11.6 Å². The van der Waals surface area contributed by atoms with Gasteiger partial charge in [-0.1, -0.05) is 48.1 Å². The van der Waals surface area contributed by atoms with Crippen molar-refractivity contribution in [3.8, 4) is 23.3 Å². The zero-order valence-electron chi connectivity index (χ0n) is 19.0. The van der Waals surface area contributed by atoms with E-state index in [-0.39, 0.29) is 6.04 Å². The van der Waals surface area contributed by atoms with E-state index < -0.39 is 6.10 Å². The predicted molar refractivity (Wildman–Crippen MR) is 139 cm³/mol. The van der Waals surface area contributed by atoms with Gasteiger partial charge in [-0.3, -0.25) is 0 Å². The zero-order chi connectivity index (χ0) is 24.0. The molecule has 1 fully saturated rings. The summed E-state index contributed by atoms with van der Waals surface area (Å²) in [5.74, 6) is 8.02. The molecule has 4 aromatic rings. The van der Waals surface area contributed by atoms with Crippen molar-refractivity contribution >= 4 is 34.0 Å². The number of para-hydroxylation sites is 1. The van der Waals surface area contributed by atoms with Crippen molar-refractivity contribution in [1.82, 2.24) is 15.3 Å². The van der Waals surface area contributed by atoms with Gasteiger partial charge < -0.3 is 20.5 Å². The lowest BCUT2D eigenvalue weighted by Crippen LogP contribution is -2.42. The first-order chi connectivity index (χ1) is 17.2. The number of rotatable bonds is 5. The minimum absolute atomic E-state index is 0.0239. The summed E-state index contributed by atoms with van der Waals surface area (Å²) in [6, 6.07) is 20.8. The Balaban J connectivity index is 1.36. The molecule has 5 rings (SSSR count). The van der Waals surface area contributed by atoms with Gasteiger partial charge in [0.2, 0.25) is 0 Å². The highest BCUT2D eigenvalue weighted by Crippen LogP contribution is 2.33. The number of hydrogen-bond donors (Lipinski definition) is 3. The van der Waals surface area contributed by atoms with E-state index in [1.165, 1.54) is 6.33 Å². The van der Waals surface area contributed by atoms with Crippen molar-refractivity contribution in [2.24, 2.45) is 0 Å². The SMILES string of the molecule is OC(C#Cc1ccc2ncnc(Nc3ccc(Oc4ccccc4)c(Cl)c3)c2c1)C1CCCCN1. The Morgan fingerprint density at radius 1 is 1.06 bits per heavy atom. The number of anilines is 2. The van der Waals surface area contributed by atoms with Gasteiger partial charge in [0.1, 0.15) is 29.7 Å². The van der Waals surface area contributed by atoms with Crippen LogP contribution in [0.25, 0.3) is 10.9 Å².